The second-order valence-electron chi connectivity index (χ2n) is 4.58. The van der Waals surface area contributed by atoms with Crippen molar-refractivity contribution < 1.29 is 9.90 Å². The molecule has 0 unspecified atom stereocenters. The van der Waals surface area contributed by atoms with Crippen LogP contribution in [0.5, 0.6) is 0 Å². The smallest absolute Gasteiger partial charge is 0.0964 e. The lowest BCUT2D eigenvalue weighted by molar-refractivity contribution is -0.255. The largest absolute Gasteiger partial charge is 0.543 e. The van der Waals surface area contributed by atoms with Gasteiger partial charge in [-0.2, -0.15) is 10.2 Å². The van der Waals surface area contributed by atoms with Crippen molar-refractivity contribution in [3.8, 4) is 11.3 Å². The van der Waals surface area contributed by atoms with Gasteiger partial charge < -0.3 is 9.90 Å². The minimum atomic E-state index is -1.26. The van der Waals surface area contributed by atoms with Gasteiger partial charge in [0.25, 0.3) is 0 Å². The van der Waals surface area contributed by atoms with Crippen LogP contribution < -0.4 is 5.11 Å². The topological polar surface area (TPSA) is 86.6 Å². The Kier molecular flexibility index (Phi) is 3.69. The normalized spacial score (nSPS) is 10.9. The van der Waals surface area contributed by atoms with Crippen LogP contribution in [0.25, 0.3) is 11.3 Å². The molecule has 0 aliphatic rings. The van der Waals surface area contributed by atoms with Gasteiger partial charge in [0.2, 0.25) is 0 Å². The summed E-state index contributed by atoms with van der Waals surface area (Å²) in [4.78, 5) is 10.8. The molecule has 2 aromatic heterocycles. The molecule has 2 aromatic rings. The summed E-state index contributed by atoms with van der Waals surface area (Å²) < 4.78 is 1.95. The molecule has 0 fully saturated rings. The van der Waals surface area contributed by atoms with Gasteiger partial charge in [-0.15, -0.1) is 0 Å². The molecular formula is C13H17N4O2-. The van der Waals surface area contributed by atoms with Gasteiger partial charge in [0, 0.05) is 17.8 Å². The van der Waals surface area contributed by atoms with E-state index in [-0.39, 0.29) is 5.69 Å². The van der Waals surface area contributed by atoms with Crippen molar-refractivity contribution in [2.24, 2.45) is 0 Å². The minimum absolute atomic E-state index is 0.0184. The van der Waals surface area contributed by atoms with Gasteiger partial charge in [0.05, 0.1) is 23.1 Å². The van der Waals surface area contributed by atoms with Crippen LogP contribution in [0, 0.1) is 13.8 Å². The number of nitrogens with one attached hydrogen (secondary N) is 1. The van der Waals surface area contributed by atoms with Crippen LogP contribution in [-0.2, 0) is 6.54 Å². The third kappa shape index (κ3) is 2.52. The predicted octanol–water partition coefficient (Wildman–Crippen LogP) is 1.05. The molecule has 0 bridgehead atoms. The first-order valence-electron chi connectivity index (χ1n) is 6.35. The van der Waals surface area contributed by atoms with E-state index >= 15 is 0 Å². The molecular weight excluding hydrogens is 244 g/mol. The molecule has 6 nitrogen and oxygen atoms in total. The highest BCUT2D eigenvalue weighted by Crippen LogP contribution is 2.25. The van der Waals surface area contributed by atoms with Gasteiger partial charge in [-0.3, -0.25) is 9.78 Å². The van der Waals surface area contributed by atoms with E-state index in [0.717, 1.165) is 36.3 Å². The van der Waals surface area contributed by atoms with Crippen LogP contribution in [0.2, 0.25) is 0 Å². The minimum Gasteiger partial charge on any atom is -0.543 e. The Morgan fingerprint density at radius 3 is 2.79 bits per heavy atom. The number of hydrogen-bond donors (Lipinski definition) is 1. The number of hydrogen-bond acceptors (Lipinski definition) is 4. The molecule has 0 spiro atoms. The number of nitrogens with zero attached hydrogens (tertiary/aromatic N) is 3. The number of aryl methyl sites for hydroxylation is 2. The highest BCUT2D eigenvalue weighted by molar-refractivity contribution is 5.85. The van der Waals surface area contributed by atoms with Gasteiger partial charge in [-0.25, -0.2) is 0 Å². The van der Waals surface area contributed by atoms with Crippen LogP contribution in [0.3, 0.4) is 0 Å². The van der Waals surface area contributed by atoms with Crippen molar-refractivity contribution in [2.75, 3.05) is 0 Å². The molecule has 0 aromatic carbocycles. The summed E-state index contributed by atoms with van der Waals surface area (Å²) in [6.45, 7) is 6.86. The van der Waals surface area contributed by atoms with Crippen molar-refractivity contribution in [3.05, 3.63) is 23.1 Å². The fourth-order valence-corrected chi connectivity index (χ4v) is 2.15. The van der Waals surface area contributed by atoms with Crippen molar-refractivity contribution in [2.45, 2.75) is 40.2 Å². The van der Waals surface area contributed by atoms with E-state index < -0.39 is 5.97 Å². The molecule has 0 aliphatic carbocycles. The highest BCUT2D eigenvalue weighted by Gasteiger charge is 2.16. The second-order valence-corrected chi connectivity index (χ2v) is 4.58. The number of aromatic carboxylic acids is 1. The second kappa shape index (κ2) is 5.26. The molecule has 0 radical (unpaired) electrons. The first-order valence-corrected chi connectivity index (χ1v) is 6.35. The fourth-order valence-electron chi connectivity index (χ4n) is 2.15. The summed E-state index contributed by atoms with van der Waals surface area (Å²) >= 11 is 0. The summed E-state index contributed by atoms with van der Waals surface area (Å²) in [5, 5.41) is 21.7. The van der Waals surface area contributed by atoms with Crippen LogP contribution >= 0.6 is 0 Å². The Bertz CT molecular complexity index is 598. The maximum atomic E-state index is 10.8. The molecule has 2 rings (SSSR count). The van der Waals surface area contributed by atoms with E-state index in [2.05, 4.69) is 22.2 Å². The zero-order valence-electron chi connectivity index (χ0n) is 11.4. The number of carbonyl (C=O) groups excluding carboxylic acids is 1. The molecule has 19 heavy (non-hydrogen) atoms. The Morgan fingerprint density at radius 2 is 2.21 bits per heavy atom. The van der Waals surface area contributed by atoms with E-state index in [1.807, 2.05) is 18.5 Å². The molecule has 2 heterocycles. The zero-order chi connectivity index (χ0) is 14.0. The van der Waals surface area contributed by atoms with Crippen LogP contribution in [0.15, 0.2) is 6.07 Å². The number of carboxylic acid groups (broad SMARTS) is 1. The molecule has 6 heteroatoms. The number of aromatic amines is 1. The standard InChI is InChI=1S/C13H18N4O2/c1-4-5-6-17-9(3)12(8(2)16-17)10-7-11(13(18)19)15-14-10/h7H,4-6H2,1-3H3,(H,14,15)(H,18,19)/p-1. The molecule has 0 saturated carbocycles. The third-order valence-electron chi connectivity index (χ3n) is 3.16. The molecule has 0 amide bonds. The SMILES string of the molecule is CCCCn1nc(C)c(-c2cc(C(=O)[O-])[nH]n2)c1C. The lowest BCUT2D eigenvalue weighted by Crippen LogP contribution is -2.22. The monoisotopic (exact) mass is 261 g/mol. The first-order chi connectivity index (χ1) is 9.04. The number of H-pyrrole nitrogens is 1. The van der Waals surface area contributed by atoms with E-state index in [0.29, 0.717) is 5.69 Å². The summed E-state index contributed by atoms with van der Waals surface area (Å²) in [7, 11) is 0. The van der Waals surface area contributed by atoms with Crippen molar-refractivity contribution >= 4 is 5.97 Å². The summed E-state index contributed by atoms with van der Waals surface area (Å²) in [5.74, 6) is -1.26. The maximum Gasteiger partial charge on any atom is 0.0964 e. The average Bonchev–Trinajstić information content (AvgIpc) is 2.92. The zero-order valence-corrected chi connectivity index (χ0v) is 11.4. The Hall–Kier alpha value is -2.11. The predicted molar refractivity (Wildman–Crippen MR) is 68.5 cm³/mol. The van der Waals surface area contributed by atoms with Crippen LogP contribution in [-0.4, -0.2) is 25.9 Å². The number of unbranched alkanes of at least 4 members (excludes halogenated alkanes) is 1. The van der Waals surface area contributed by atoms with Gasteiger partial charge in [0.1, 0.15) is 0 Å². The van der Waals surface area contributed by atoms with Gasteiger partial charge in [-0.05, 0) is 26.3 Å². The maximum absolute atomic E-state index is 10.8. The number of rotatable bonds is 5. The Labute approximate surface area is 111 Å². The molecule has 0 atom stereocenters. The summed E-state index contributed by atoms with van der Waals surface area (Å²) in [6.07, 6.45) is 2.16. The molecule has 102 valence electrons. The van der Waals surface area contributed by atoms with Crippen molar-refractivity contribution in [3.63, 3.8) is 0 Å². The number of carboxylic acids is 1. The first kappa shape index (κ1) is 13.3. The summed E-state index contributed by atoms with van der Waals surface area (Å²) in [5.41, 5.74) is 3.32. The third-order valence-corrected chi connectivity index (χ3v) is 3.16. The number of carbonyl (C=O) groups is 1. The quantitative estimate of drug-likeness (QED) is 0.871. The Balaban J connectivity index is 2.38. The lowest BCUT2D eigenvalue weighted by Gasteiger charge is -2.03. The molecule has 0 aliphatic heterocycles. The molecule has 1 N–H and O–H groups in total. The van der Waals surface area contributed by atoms with E-state index in [1.54, 1.807) is 0 Å². The lowest BCUT2D eigenvalue weighted by atomic mass is 10.1. The van der Waals surface area contributed by atoms with Crippen LogP contribution in [0.4, 0.5) is 0 Å². The average molecular weight is 261 g/mol. The van der Waals surface area contributed by atoms with Gasteiger partial charge >= 0.3 is 0 Å². The fraction of sp³-hybridized carbons (Fsp3) is 0.462. The molecule has 0 saturated heterocycles. The number of aromatic nitrogens is 4. The van der Waals surface area contributed by atoms with Crippen molar-refractivity contribution in [1.29, 1.82) is 0 Å². The Morgan fingerprint density at radius 1 is 1.47 bits per heavy atom. The summed E-state index contributed by atoms with van der Waals surface area (Å²) in [6, 6.07) is 1.48. The van der Waals surface area contributed by atoms with E-state index in [9.17, 15) is 9.90 Å². The van der Waals surface area contributed by atoms with Gasteiger partial charge in [-0.1, -0.05) is 13.3 Å². The van der Waals surface area contributed by atoms with E-state index in [4.69, 9.17) is 0 Å². The van der Waals surface area contributed by atoms with E-state index in [1.165, 1.54) is 6.07 Å². The van der Waals surface area contributed by atoms with Gasteiger partial charge in [0.15, 0.2) is 0 Å². The van der Waals surface area contributed by atoms with Crippen molar-refractivity contribution in [1.82, 2.24) is 20.0 Å². The van der Waals surface area contributed by atoms with Crippen LogP contribution in [0.1, 0.15) is 41.6 Å². The highest BCUT2D eigenvalue weighted by atomic mass is 16.4.